The van der Waals surface area contributed by atoms with Gasteiger partial charge in [-0.15, -0.1) is 0 Å². The largest absolute Gasteiger partial charge is 0.348 e. The van der Waals surface area contributed by atoms with Gasteiger partial charge in [-0.25, -0.2) is 4.79 Å². The zero-order chi connectivity index (χ0) is 19.6. The third kappa shape index (κ3) is 3.78. The zero-order valence-corrected chi connectivity index (χ0v) is 15.7. The maximum atomic E-state index is 12.8. The molecule has 2 atom stereocenters. The van der Waals surface area contributed by atoms with Crippen molar-refractivity contribution in [1.29, 1.82) is 0 Å². The van der Waals surface area contributed by atoms with Crippen LogP contribution in [0.15, 0.2) is 48.7 Å². The van der Waals surface area contributed by atoms with Crippen molar-refractivity contribution in [2.45, 2.75) is 25.4 Å². The highest BCUT2D eigenvalue weighted by Crippen LogP contribution is 2.27. The molecule has 2 unspecified atom stereocenters. The van der Waals surface area contributed by atoms with Crippen LogP contribution in [0.3, 0.4) is 0 Å². The van der Waals surface area contributed by atoms with E-state index in [2.05, 4.69) is 15.6 Å². The van der Waals surface area contributed by atoms with Crippen LogP contribution in [0, 0.1) is 0 Å². The Labute approximate surface area is 161 Å². The Hall–Kier alpha value is -2.93. The Bertz CT molecular complexity index is 872. The lowest BCUT2D eigenvalue weighted by atomic mass is 9.97. The highest BCUT2D eigenvalue weighted by molar-refractivity contribution is 6.30. The minimum absolute atomic E-state index is 0.294. The van der Waals surface area contributed by atoms with Gasteiger partial charge in [-0.2, -0.15) is 0 Å². The minimum atomic E-state index is -1.29. The Morgan fingerprint density at radius 1 is 1.26 bits per heavy atom. The maximum absolute atomic E-state index is 12.8. The summed E-state index contributed by atoms with van der Waals surface area (Å²) in [5.41, 5.74) is -0.00971. The molecule has 0 bridgehead atoms. The van der Waals surface area contributed by atoms with E-state index in [9.17, 15) is 14.4 Å². The number of imide groups is 1. The molecular weight excluding hydrogens is 368 g/mol. The van der Waals surface area contributed by atoms with Crippen LogP contribution in [0.1, 0.15) is 31.1 Å². The second kappa shape index (κ2) is 7.36. The van der Waals surface area contributed by atoms with Gasteiger partial charge < -0.3 is 10.6 Å². The second-order valence-corrected chi connectivity index (χ2v) is 6.94. The van der Waals surface area contributed by atoms with Crippen molar-refractivity contribution in [3.63, 3.8) is 0 Å². The van der Waals surface area contributed by atoms with Crippen molar-refractivity contribution >= 4 is 29.4 Å². The van der Waals surface area contributed by atoms with Gasteiger partial charge in [0.2, 0.25) is 5.91 Å². The van der Waals surface area contributed by atoms with Crippen molar-refractivity contribution < 1.29 is 14.4 Å². The van der Waals surface area contributed by atoms with Gasteiger partial charge >= 0.3 is 6.03 Å². The van der Waals surface area contributed by atoms with Crippen molar-refractivity contribution in [2.24, 2.45) is 0 Å². The van der Waals surface area contributed by atoms with Crippen molar-refractivity contribution in [2.75, 3.05) is 6.54 Å². The molecule has 7 nitrogen and oxygen atoms in total. The predicted octanol–water partition coefficient (Wildman–Crippen LogP) is 2.38. The first-order chi connectivity index (χ1) is 12.8. The minimum Gasteiger partial charge on any atom is -0.348 e. The molecule has 1 aromatic carbocycles. The van der Waals surface area contributed by atoms with Crippen LogP contribution >= 0.6 is 11.6 Å². The number of hydrogen-bond donors (Lipinski definition) is 2. The molecule has 2 heterocycles. The number of carbonyl (C=O) groups excluding carboxylic acids is 3. The molecule has 2 N–H and O–H groups in total. The van der Waals surface area contributed by atoms with Crippen molar-refractivity contribution in [3.8, 4) is 0 Å². The van der Waals surface area contributed by atoms with Gasteiger partial charge in [0.25, 0.3) is 5.91 Å². The maximum Gasteiger partial charge on any atom is 0.325 e. The molecule has 2 aromatic rings. The Balaban J connectivity index is 1.68. The summed E-state index contributed by atoms with van der Waals surface area (Å²) >= 11 is 5.86. The molecule has 4 amide bonds. The van der Waals surface area contributed by atoms with E-state index in [1.54, 1.807) is 55.6 Å². The molecule has 0 saturated carbocycles. The first kappa shape index (κ1) is 18.8. The normalized spacial score (nSPS) is 20.3. The fourth-order valence-corrected chi connectivity index (χ4v) is 3.06. The van der Waals surface area contributed by atoms with E-state index < -0.39 is 23.4 Å². The van der Waals surface area contributed by atoms with Crippen molar-refractivity contribution in [3.05, 3.63) is 64.9 Å². The average molecular weight is 387 g/mol. The molecular formula is C19H19ClN4O3. The van der Waals surface area contributed by atoms with Crippen LogP contribution in [-0.4, -0.2) is 34.3 Å². The lowest BCUT2D eigenvalue weighted by molar-refractivity contribution is -0.135. The number of urea groups is 1. The smallest absolute Gasteiger partial charge is 0.325 e. The van der Waals surface area contributed by atoms with E-state index in [-0.39, 0.29) is 12.6 Å². The molecule has 1 saturated heterocycles. The SMILES string of the molecule is CC(NC(=O)CN1C(=O)NC(C)(c2ccccn2)C1=O)c1ccc(Cl)cc1. The van der Waals surface area contributed by atoms with Crippen LogP contribution in [-0.2, 0) is 15.1 Å². The number of amides is 4. The van der Waals surface area contributed by atoms with E-state index >= 15 is 0 Å². The summed E-state index contributed by atoms with van der Waals surface area (Å²) in [6.07, 6.45) is 1.54. The van der Waals surface area contributed by atoms with Crippen molar-refractivity contribution in [1.82, 2.24) is 20.5 Å². The summed E-state index contributed by atoms with van der Waals surface area (Å²) < 4.78 is 0. The third-order valence-electron chi connectivity index (χ3n) is 4.50. The Morgan fingerprint density at radius 3 is 2.59 bits per heavy atom. The van der Waals surface area contributed by atoms with Gasteiger partial charge in [-0.1, -0.05) is 29.8 Å². The zero-order valence-electron chi connectivity index (χ0n) is 14.9. The van der Waals surface area contributed by atoms with E-state index in [1.165, 1.54) is 0 Å². The average Bonchev–Trinajstić information content (AvgIpc) is 2.87. The standard InChI is InChI=1S/C19H19ClN4O3/c1-12(13-6-8-14(20)9-7-13)22-16(25)11-24-17(26)19(2,23-18(24)27)15-5-3-4-10-21-15/h3-10,12H,11H2,1-2H3,(H,22,25)(H,23,27). The number of benzene rings is 1. The summed E-state index contributed by atoms with van der Waals surface area (Å²) in [4.78, 5) is 42.5. The summed E-state index contributed by atoms with van der Waals surface area (Å²) in [7, 11) is 0. The van der Waals surface area contributed by atoms with Gasteiger partial charge in [0.15, 0.2) is 5.54 Å². The first-order valence-corrected chi connectivity index (χ1v) is 8.79. The van der Waals surface area contributed by atoms with Gasteiger partial charge in [0.05, 0.1) is 11.7 Å². The highest BCUT2D eigenvalue weighted by Gasteiger charge is 2.50. The number of halogens is 1. The highest BCUT2D eigenvalue weighted by atomic mass is 35.5. The number of rotatable bonds is 5. The van der Waals surface area contributed by atoms with Gasteiger partial charge in [-0.3, -0.25) is 19.5 Å². The van der Waals surface area contributed by atoms with E-state index in [0.29, 0.717) is 10.7 Å². The number of hydrogen-bond acceptors (Lipinski definition) is 4. The van der Waals surface area contributed by atoms with Crippen LogP contribution in [0.4, 0.5) is 4.79 Å². The van der Waals surface area contributed by atoms with E-state index in [1.807, 2.05) is 6.92 Å². The predicted molar refractivity (Wildman–Crippen MR) is 99.8 cm³/mol. The summed E-state index contributed by atoms with van der Waals surface area (Å²) in [5.74, 6) is -0.952. The van der Waals surface area contributed by atoms with E-state index in [0.717, 1.165) is 10.5 Å². The number of carbonyl (C=O) groups is 3. The molecule has 0 radical (unpaired) electrons. The Morgan fingerprint density at radius 2 is 1.96 bits per heavy atom. The topological polar surface area (TPSA) is 91.4 Å². The molecule has 1 aliphatic rings. The van der Waals surface area contributed by atoms with Crippen LogP contribution < -0.4 is 10.6 Å². The Kier molecular flexibility index (Phi) is 5.14. The molecule has 1 aromatic heterocycles. The molecule has 140 valence electrons. The first-order valence-electron chi connectivity index (χ1n) is 8.41. The van der Waals surface area contributed by atoms with Crippen LogP contribution in [0.25, 0.3) is 0 Å². The molecule has 1 fully saturated rings. The summed E-state index contributed by atoms with van der Waals surface area (Å²) in [6, 6.07) is 11.3. The lowest BCUT2D eigenvalue weighted by Gasteiger charge is -2.21. The van der Waals surface area contributed by atoms with Crippen LogP contribution in [0.2, 0.25) is 5.02 Å². The quantitative estimate of drug-likeness (QED) is 0.772. The van der Waals surface area contributed by atoms with Gasteiger partial charge in [-0.05, 0) is 43.7 Å². The number of pyridine rings is 1. The summed E-state index contributed by atoms with van der Waals surface area (Å²) in [5, 5.41) is 6.00. The van der Waals surface area contributed by atoms with Gasteiger partial charge in [0.1, 0.15) is 6.54 Å². The summed E-state index contributed by atoms with van der Waals surface area (Å²) in [6.45, 7) is 3.01. The molecule has 3 rings (SSSR count). The van der Waals surface area contributed by atoms with E-state index in [4.69, 9.17) is 11.6 Å². The molecule has 1 aliphatic heterocycles. The molecule has 8 heteroatoms. The van der Waals surface area contributed by atoms with Gasteiger partial charge in [0, 0.05) is 11.2 Å². The number of nitrogens with one attached hydrogen (secondary N) is 2. The lowest BCUT2D eigenvalue weighted by Crippen LogP contribution is -2.44. The third-order valence-corrected chi connectivity index (χ3v) is 4.75. The molecule has 0 aliphatic carbocycles. The number of aromatic nitrogens is 1. The monoisotopic (exact) mass is 386 g/mol. The fraction of sp³-hybridized carbons (Fsp3) is 0.263. The second-order valence-electron chi connectivity index (χ2n) is 6.50. The number of nitrogens with zero attached hydrogens (tertiary/aromatic N) is 2. The van der Waals surface area contributed by atoms with Crippen LogP contribution in [0.5, 0.6) is 0 Å². The fourth-order valence-electron chi connectivity index (χ4n) is 2.94. The molecule has 27 heavy (non-hydrogen) atoms. The molecule has 0 spiro atoms.